The predicted molar refractivity (Wildman–Crippen MR) is 93.6 cm³/mol. The van der Waals surface area contributed by atoms with E-state index in [-0.39, 0.29) is 11.0 Å². The van der Waals surface area contributed by atoms with E-state index in [9.17, 15) is 14.0 Å². The number of carbonyl (C=O) groups is 2. The summed E-state index contributed by atoms with van der Waals surface area (Å²) < 4.78 is 19.5. The van der Waals surface area contributed by atoms with Crippen LogP contribution in [0, 0.1) is 5.82 Å². The van der Waals surface area contributed by atoms with E-state index < -0.39 is 29.0 Å². The van der Waals surface area contributed by atoms with Crippen molar-refractivity contribution in [1.82, 2.24) is 14.9 Å². The van der Waals surface area contributed by atoms with Gasteiger partial charge in [-0.1, -0.05) is 0 Å². The fourth-order valence-corrected chi connectivity index (χ4v) is 4.59. The SMILES string of the molecule is CC(C)(C)OC(=O)N1C(=O)c2cc(-c3nc(Cl)ncc3F)sc2C12CC2. The fourth-order valence-electron chi connectivity index (χ4n) is 3.08. The van der Waals surface area contributed by atoms with Gasteiger partial charge in [0.2, 0.25) is 5.28 Å². The summed E-state index contributed by atoms with van der Waals surface area (Å²) in [5.41, 5.74) is -0.931. The number of thiophene rings is 1. The Balaban J connectivity index is 1.73. The van der Waals surface area contributed by atoms with Crippen molar-refractivity contribution in [2.75, 3.05) is 0 Å². The van der Waals surface area contributed by atoms with Crippen LogP contribution in [0.2, 0.25) is 5.28 Å². The quantitative estimate of drug-likeness (QED) is 0.670. The van der Waals surface area contributed by atoms with Gasteiger partial charge in [0.1, 0.15) is 11.3 Å². The Bertz CT molecular complexity index is 949. The van der Waals surface area contributed by atoms with Crippen molar-refractivity contribution in [3.8, 4) is 10.6 Å². The molecule has 0 radical (unpaired) electrons. The maximum Gasteiger partial charge on any atom is 0.418 e. The molecule has 9 heteroatoms. The van der Waals surface area contributed by atoms with E-state index >= 15 is 0 Å². The Morgan fingerprint density at radius 1 is 1.42 bits per heavy atom. The lowest BCUT2D eigenvalue weighted by Gasteiger charge is -2.27. The lowest BCUT2D eigenvalue weighted by atomic mass is 10.2. The number of halogens is 2. The number of ether oxygens (including phenoxy) is 1. The Kier molecular flexibility index (Phi) is 3.65. The number of hydrogen-bond donors (Lipinski definition) is 0. The molecule has 1 saturated carbocycles. The van der Waals surface area contributed by atoms with E-state index in [2.05, 4.69) is 9.97 Å². The van der Waals surface area contributed by atoms with Gasteiger partial charge in [-0.05, 0) is 51.3 Å². The predicted octanol–water partition coefficient (Wildman–Crippen LogP) is 4.38. The minimum atomic E-state index is -0.699. The molecule has 136 valence electrons. The Morgan fingerprint density at radius 3 is 2.73 bits per heavy atom. The van der Waals surface area contributed by atoms with Crippen LogP contribution in [0.4, 0.5) is 9.18 Å². The second-order valence-electron chi connectivity index (χ2n) is 7.34. The Hall–Kier alpha value is -2.06. The van der Waals surface area contributed by atoms with Gasteiger partial charge < -0.3 is 4.74 Å². The Morgan fingerprint density at radius 2 is 2.12 bits per heavy atom. The smallest absolute Gasteiger partial charge is 0.418 e. The second-order valence-corrected chi connectivity index (χ2v) is 8.73. The summed E-state index contributed by atoms with van der Waals surface area (Å²) in [7, 11) is 0. The molecule has 2 aromatic heterocycles. The normalized spacial score (nSPS) is 17.6. The zero-order valence-corrected chi connectivity index (χ0v) is 15.9. The topological polar surface area (TPSA) is 72.4 Å². The maximum absolute atomic E-state index is 14.1. The summed E-state index contributed by atoms with van der Waals surface area (Å²) in [6, 6.07) is 1.56. The van der Waals surface area contributed by atoms with E-state index in [1.807, 2.05) is 0 Å². The summed E-state index contributed by atoms with van der Waals surface area (Å²) in [5, 5.41) is -0.0715. The number of amides is 2. The first-order valence-electron chi connectivity index (χ1n) is 8.03. The van der Waals surface area contributed by atoms with E-state index in [1.54, 1.807) is 26.8 Å². The summed E-state index contributed by atoms with van der Waals surface area (Å²) in [5.74, 6) is -1.04. The highest BCUT2D eigenvalue weighted by Gasteiger charge is 2.62. The Labute approximate surface area is 158 Å². The first-order chi connectivity index (χ1) is 12.1. The van der Waals surface area contributed by atoms with Crippen molar-refractivity contribution in [2.24, 2.45) is 0 Å². The molecule has 0 saturated heterocycles. The molecule has 0 aromatic carbocycles. The largest absolute Gasteiger partial charge is 0.443 e. The summed E-state index contributed by atoms with van der Waals surface area (Å²) in [6.45, 7) is 5.25. The van der Waals surface area contributed by atoms with Crippen LogP contribution in [0.5, 0.6) is 0 Å². The van der Waals surface area contributed by atoms with Crippen LogP contribution in [-0.4, -0.2) is 32.5 Å². The second kappa shape index (κ2) is 5.47. The third-order valence-corrected chi connectivity index (χ3v) is 5.78. The van der Waals surface area contributed by atoms with Crippen LogP contribution in [0.15, 0.2) is 12.3 Å². The van der Waals surface area contributed by atoms with Gasteiger partial charge in [0.05, 0.1) is 22.2 Å². The molecule has 1 aliphatic heterocycles. The average Bonchev–Trinajstić information content (AvgIpc) is 3.11. The van der Waals surface area contributed by atoms with Crippen LogP contribution in [0.25, 0.3) is 10.6 Å². The molecule has 1 fully saturated rings. The highest BCUT2D eigenvalue weighted by atomic mass is 35.5. The number of fused-ring (bicyclic) bond motifs is 2. The van der Waals surface area contributed by atoms with Crippen LogP contribution in [0.3, 0.4) is 0 Å². The van der Waals surface area contributed by atoms with E-state index in [1.165, 1.54) is 16.2 Å². The third-order valence-electron chi connectivity index (χ3n) is 4.26. The molecule has 1 spiro atoms. The van der Waals surface area contributed by atoms with Crippen LogP contribution in [0.1, 0.15) is 48.8 Å². The molecule has 0 N–H and O–H groups in total. The number of carbonyl (C=O) groups excluding carboxylic acids is 2. The van der Waals surface area contributed by atoms with Crippen molar-refractivity contribution in [3.63, 3.8) is 0 Å². The monoisotopic (exact) mass is 395 g/mol. The number of hydrogen-bond acceptors (Lipinski definition) is 6. The number of rotatable bonds is 1. The highest BCUT2D eigenvalue weighted by Crippen LogP contribution is 2.60. The first kappa shape index (κ1) is 17.4. The lowest BCUT2D eigenvalue weighted by molar-refractivity contribution is 0.0167. The maximum atomic E-state index is 14.1. The van der Waals surface area contributed by atoms with E-state index in [4.69, 9.17) is 16.3 Å². The lowest BCUT2D eigenvalue weighted by Crippen LogP contribution is -2.42. The molecule has 2 amide bonds. The zero-order valence-electron chi connectivity index (χ0n) is 14.3. The zero-order chi connectivity index (χ0) is 18.9. The van der Waals surface area contributed by atoms with Gasteiger partial charge in [0.25, 0.3) is 5.91 Å². The van der Waals surface area contributed by atoms with E-state index in [0.29, 0.717) is 23.3 Å². The molecule has 1 aliphatic carbocycles. The van der Waals surface area contributed by atoms with Crippen LogP contribution < -0.4 is 0 Å². The minimum absolute atomic E-state index is 0.0526. The van der Waals surface area contributed by atoms with Crippen molar-refractivity contribution < 1.29 is 18.7 Å². The molecule has 26 heavy (non-hydrogen) atoms. The number of nitrogens with zero attached hydrogens (tertiary/aromatic N) is 3. The molecule has 2 aromatic rings. The average molecular weight is 396 g/mol. The van der Waals surface area contributed by atoms with Gasteiger partial charge >= 0.3 is 6.09 Å². The molecule has 3 heterocycles. The van der Waals surface area contributed by atoms with Gasteiger partial charge in [-0.3, -0.25) is 4.79 Å². The standard InChI is InChI=1S/C17H15ClFN3O3S/c1-16(2,3)25-15(24)22-13(23)8-6-10(26-12(8)17(22)4-5-17)11-9(19)7-20-14(18)21-11/h6-7H,4-5H2,1-3H3. The van der Waals surface area contributed by atoms with Crippen LogP contribution >= 0.6 is 22.9 Å². The molecular weight excluding hydrogens is 381 g/mol. The van der Waals surface area contributed by atoms with Gasteiger partial charge in [0, 0.05) is 4.88 Å². The van der Waals surface area contributed by atoms with E-state index in [0.717, 1.165) is 11.1 Å². The van der Waals surface area contributed by atoms with Gasteiger partial charge in [-0.15, -0.1) is 11.3 Å². The molecule has 0 bridgehead atoms. The van der Waals surface area contributed by atoms with Crippen molar-refractivity contribution in [3.05, 3.63) is 33.8 Å². The fraction of sp³-hybridized carbons (Fsp3) is 0.412. The molecule has 4 rings (SSSR count). The first-order valence-corrected chi connectivity index (χ1v) is 9.22. The number of aromatic nitrogens is 2. The number of imide groups is 1. The molecule has 6 nitrogen and oxygen atoms in total. The molecular formula is C17H15ClFN3O3S. The molecule has 0 unspecified atom stereocenters. The van der Waals surface area contributed by atoms with Gasteiger partial charge in [-0.25, -0.2) is 24.1 Å². The van der Waals surface area contributed by atoms with Crippen molar-refractivity contribution >= 4 is 34.9 Å². The van der Waals surface area contributed by atoms with Crippen molar-refractivity contribution in [1.29, 1.82) is 0 Å². The molecule has 2 aliphatic rings. The minimum Gasteiger partial charge on any atom is -0.443 e. The summed E-state index contributed by atoms with van der Waals surface area (Å²) in [6.07, 6.45) is 1.67. The molecule has 0 atom stereocenters. The van der Waals surface area contributed by atoms with Gasteiger partial charge in [-0.2, -0.15) is 0 Å². The summed E-state index contributed by atoms with van der Waals surface area (Å²) in [4.78, 5) is 35.4. The van der Waals surface area contributed by atoms with Crippen LogP contribution in [-0.2, 0) is 10.3 Å². The van der Waals surface area contributed by atoms with Gasteiger partial charge in [0.15, 0.2) is 5.82 Å². The highest BCUT2D eigenvalue weighted by molar-refractivity contribution is 7.16. The third kappa shape index (κ3) is 2.59. The van der Waals surface area contributed by atoms with Crippen molar-refractivity contribution in [2.45, 2.75) is 44.8 Å². The summed E-state index contributed by atoms with van der Waals surface area (Å²) >= 11 is 7.01.